The van der Waals surface area contributed by atoms with Crippen LogP contribution in [0.25, 0.3) is 28.0 Å². The van der Waals surface area contributed by atoms with Gasteiger partial charge in [-0.2, -0.15) is 0 Å². The lowest BCUT2D eigenvalue weighted by atomic mass is 9.83. The molecular formula is C27H18N4O3. The maximum atomic E-state index is 6.46. The second kappa shape index (κ2) is 7.18. The highest BCUT2D eigenvalue weighted by Crippen LogP contribution is 2.50. The Morgan fingerprint density at radius 2 is 1.82 bits per heavy atom. The molecule has 1 aliphatic heterocycles. The van der Waals surface area contributed by atoms with E-state index in [4.69, 9.17) is 18.9 Å². The lowest BCUT2D eigenvalue weighted by Gasteiger charge is -2.28. The van der Waals surface area contributed by atoms with E-state index < -0.39 is 0 Å². The summed E-state index contributed by atoms with van der Waals surface area (Å²) in [5, 5.41) is 6.76. The summed E-state index contributed by atoms with van der Waals surface area (Å²) < 4.78 is 19.1. The largest absolute Gasteiger partial charge is 0.497 e. The zero-order valence-electron chi connectivity index (χ0n) is 18.2. The first-order chi connectivity index (χ1) is 16.8. The van der Waals surface area contributed by atoms with Crippen LogP contribution >= 0.6 is 0 Å². The zero-order valence-corrected chi connectivity index (χ0v) is 18.2. The molecule has 0 saturated heterocycles. The molecule has 1 aliphatic rings. The number of benzene rings is 3. The van der Waals surface area contributed by atoms with Gasteiger partial charge < -0.3 is 13.9 Å². The van der Waals surface area contributed by atoms with Gasteiger partial charge in [-0.05, 0) is 35.2 Å². The first kappa shape index (κ1) is 18.9. The SMILES string of the molecule is COc1ccc([C@@H]2c3ccc4ccccc4c3Oc3ncn4nc(-c5ccco5)nc4c32)cc1. The van der Waals surface area contributed by atoms with Crippen molar-refractivity contribution < 1.29 is 13.9 Å². The molecule has 0 bridgehead atoms. The lowest BCUT2D eigenvalue weighted by molar-refractivity contribution is 0.414. The van der Waals surface area contributed by atoms with Crippen LogP contribution in [0.15, 0.2) is 89.8 Å². The molecule has 0 radical (unpaired) electrons. The van der Waals surface area contributed by atoms with Crippen LogP contribution in [0.4, 0.5) is 0 Å². The van der Waals surface area contributed by atoms with Crippen LogP contribution < -0.4 is 9.47 Å². The highest BCUT2D eigenvalue weighted by molar-refractivity contribution is 5.91. The first-order valence-corrected chi connectivity index (χ1v) is 10.9. The third kappa shape index (κ3) is 2.73. The quantitative estimate of drug-likeness (QED) is 0.340. The molecule has 7 nitrogen and oxygen atoms in total. The van der Waals surface area contributed by atoms with Gasteiger partial charge in [-0.25, -0.2) is 14.5 Å². The molecule has 7 heteroatoms. The van der Waals surface area contributed by atoms with Crippen molar-refractivity contribution in [1.29, 1.82) is 0 Å². The van der Waals surface area contributed by atoms with E-state index in [1.54, 1.807) is 24.2 Å². The van der Waals surface area contributed by atoms with Crippen LogP contribution in [0.5, 0.6) is 17.4 Å². The molecule has 6 aromatic rings. The Morgan fingerprint density at radius 3 is 2.65 bits per heavy atom. The molecule has 3 aromatic heterocycles. The van der Waals surface area contributed by atoms with Gasteiger partial charge in [0.1, 0.15) is 17.8 Å². The fourth-order valence-corrected chi connectivity index (χ4v) is 4.70. The van der Waals surface area contributed by atoms with E-state index in [1.807, 2.05) is 36.4 Å². The Kier molecular flexibility index (Phi) is 3.99. The Labute approximate surface area is 194 Å². The smallest absolute Gasteiger partial charge is 0.228 e. The van der Waals surface area contributed by atoms with Gasteiger partial charge in [0.2, 0.25) is 11.7 Å². The van der Waals surface area contributed by atoms with Gasteiger partial charge in [-0.15, -0.1) is 5.10 Å². The van der Waals surface area contributed by atoms with Crippen molar-refractivity contribution in [2.75, 3.05) is 7.11 Å². The number of hydrogen-bond acceptors (Lipinski definition) is 6. The van der Waals surface area contributed by atoms with E-state index in [0.717, 1.165) is 39.0 Å². The third-order valence-corrected chi connectivity index (χ3v) is 6.29. The molecule has 7 rings (SSSR count). The topological polar surface area (TPSA) is 74.7 Å². The van der Waals surface area contributed by atoms with Crippen molar-refractivity contribution in [3.63, 3.8) is 0 Å². The summed E-state index contributed by atoms with van der Waals surface area (Å²) in [6.07, 6.45) is 3.24. The monoisotopic (exact) mass is 446 g/mol. The van der Waals surface area contributed by atoms with Gasteiger partial charge in [-0.1, -0.05) is 48.5 Å². The minimum atomic E-state index is -0.154. The molecule has 0 N–H and O–H groups in total. The van der Waals surface area contributed by atoms with E-state index in [9.17, 15) is 0 Å². The van der Waals surface area contributed by atoms with Crippen molar-refractivity contribution in [3.8, 4) is 29.0 Å². The van der Waals surface area contributed by atoms with Crippen molar-refractivity contribution in [2.45, 2.75) is 5.92 Å². The maximum Gasteiger partial charge on any atom is 0.228 e. The fraction of sp³-hybridized carbons (Fsp3) is 0.0741. The number of furan rings is 1. The molecule has 0 unspecified atom stereocenters. The van der Waals surface area contributed by atoms with E-state index >= 15 is 0 Å². The molecule has 0 spiro atoms. The average molecular weight is 446 g/mol. The molecule has 3 aromatic carbocycles. The predicted molar refractivity (Wildman–Crippen MR) is 126 cm³/mol. The standard InChI is InChI=1S/C27H18N4O3/c1-32-18-11-8-17(9-12-18)22-20-13-10-16-5-2-3-6-19(16)24(20)34-27-23(22)26-29-25(21-7-4-14-33-21)30-31(26)15-28-27/h2-15,22H,1H3/t22-/m1/s1. The van der Waals surface area contributed by atoms with Crippen LogP contribution in [0.1, 0.15) is 22.6 Å². The first-order valence-electron chi connectivity index (χ1n) is 10.9. The van der Waals surface area contributed by atoms with Crippen LogP contribution in [-0.2, 0) is 0 Å². The minimum Gasteiger partial charge on any atom is -0.497 e. The van der Waals surface area contributed by atoms with Gasteiger partial charge in [0.25, 0.3) is 0 Å². The second-order valence-corrected chi connectivity index (χ2v) is 8.16. The second-order valence-electron chi connectivity index (χ2n) is 8.16. The molecule has 0 amide bonds. The molecule has 34 heavy (non-hydrogen) atoms. The molecule has 4 heterocycles. The predicted octanol–water partition coefficient (Wildman–Crippen LogP) is 5.83. The van der Waals surface area contributed by atoms with E-state index in [2.05, 4.69) is 46.5 Å². The van der Waals surface area contributed by atoms with Crippen LogP contribution in [-0.4, -0.2) is 26.7 Å². The van der Waals surface area contributed by atoms with Crippen LogP contribution in [0, 0.1) is 0 Å². The fourth-order valence-electron chi connectivity index (χ4n) is 4.70. The molecule has 1 atom stereocenters. The molecule has 164 valence electrons. The van der Waals surface area contributed by atoms with Crippen molar-refractivity contribution in [2.24, 2.45) is 0 Å². The number of rotatable bonds is 3. The zero-order chi connectivity index (χ0) is 22.6. The van der Waals surface area contributed by atoms with E-state index in [-0.39, 0.29) is 5.92 Å². The number of methoxy groups -OCH3 is 1. The van der Waals surface area contributed by atoms with Gasteiger partial charge in [0.05, 0.1) is 18.9 Å². The molecule has 0 aliphatic carbocycles. The summed E-state index contributed by atoms with van der Waals surface area (Å²) >= 11 is 0. The number of ether oxygens (including phenoxy) is 2. The third-order valence-electron chi connectivity index (χ3n) is 6.29. The van der Waals surface area contributed by atoms with Crippen molar-refractivity contribution in [1.82, 2.24) is 19.6 Å². The summed E-state index contributed by atoms with van der Waals surface area (Å²) in [5.41, 5.74) is 3.67. The number of hydrogen-bond donors (Lipinski definition) is 0. The minimum absolute atomic E-state index is 0.154. The normalized spacial score (nSPS) is 14.6. The highest BCUT2D eigenvalue weighted by Gasteiger charge is 2.34. The summed E-state index contributed by atoms with van der Waals surface area (Å²) in [6.45, 7) is 0. The van der Waals surface area contributed by atoms with Crippen LogP contribution in [0.2, 0.25) is 0 Å². The Hall–Kier alpha value is -4.65. The summed E-state index contributed by atoms with van der Waals surface area (Å²) in [7, 11) is 1.67. The summed E-state index contributed by atoms with van der Waals surface area (Å²) in [6, 6.07) is 24.2. The molecular weight excluding hydrogens is 428 g/mol. The summed E-state index contributed by atoms with van der Waals surface area (Å²) in [4.78, 5) is 9.47. The Bertz CT molecular complexity index is 1670. The highest BCUT2D eigenvalue weighted by atomic mass is 16.5. The lowest BCUT2D eigenvalue weighted by Crippen LogP contribution is -2.15. The molecule has 0 saturated carbocycles. The van der Waals surface area contributed by atoms with Crippen molar-refractivity contribution in [3.05, 3.63) is 102 Å². The number of fused-ring (bicyclic) bond motifs is 6. The maximum absolute atomic E-state index is 6.46. The van der Waals surface area contributed by atoms with E-state index in [0.29, 0.717) is 23.1 Å². The van der Waals surface area contributed by atoms with Gasteiger partial charge in [0.15, 0.2) is 11.4 Å². The number of aromatic nitrogens is 4. The molecule has 0 fully saturated rings. The summed E-state index contributed by atoms with van der Waals surface area (Å²) in [5.74, 6) is 3.08. The van der Waals surface area contributed by atoms with E-state index in [1.165, 1.54) is 0 Å². The Morgan fingerprint density at radius 1 is 0.941 bits per heavy atom. The number of nitrogens with zero attached hydrogens (tertiary/aromatic N) is 4. The van der Waals surface area contributed by atoms with Gasteiger partial charge >= 0.3 is 0 Å². The van der Waals surface area contributed by atoms with Crippen LogP contribution in [0.3, 0.4) is 0 Å². The van der Waals surface area contributed by atoms with Gasteiger partial charge in [-0.3, -0.25) is 0 Å². The van der Waals surface area contributed by atoms with Crippen molar-refractivity contribution >= 4 is 16.4 Å². The Balaban J connectivity index is 1.52. The van der Waals surface area contributed by atoms with Gasteiger partial charge in [0, 0.05) is 16.9 Å². The average Bonchev–Trinajstić information content (AvgIpc) is 3.57.